The molecular formula is C7H9NO2S2. The highest BCUT2D eigenvalue weighted by molar-refractivity contribution is 7.81. The molecule has 0 aliphatic rings. The number of thiazole rings is 1. The second kappa shape index (κ2) is 3.91. The molecule has 0 bridgehead atoms. The Morgan fingerprint density at radius 2 is 2.58 bits per heavy atom. The second-order valence-electron chi connectivity index (χ2n) is 2.40. The summed E-state index contributed by atoms with van der Waals surface area (Å²) in [5, 5.41) is 8.89. The molecule has 1 rings (SSSR count). The van der Waals surface area contributed by atoms with Crippen LogP contribution in [-0.4, -0.2) is 21.3 Å². The van der Waals surface area contributed by atoms with Crippen molar-refractivity contribution in [2.24, 2.45) is 0 Å². The van der Waals surface area contributed by atoms with Crippen molar-refractivity contribution >= 4 is 29.9 Å². The highest BCUT2D eigenvalue weighted by Gasteiger charge is 2.13. The Balaban J connectivity index is 2.58. The van der Waals surface area contributed by atoms with E-state index in [0.717, 1.165) is 9.88 Å². The molecule has 0 aromatic carbocycles. The number of thiol groups is 1. The molecule has 1 aromatic rings. The van der Waals surface area contributed by atoms with Crippen molar-refractivity contribution in [1.29, 1.82) is 0 Å². The van der Waals surface area contributed by atoms with Gasteiger partial charge in [-0.3, -0.25) is 4.79 Å². The van der Waals surface area contributed by atoms with Crippen molar-refractivity contribution in [2.75, 3.05) is 0 Å². The first kappa shape index (κ1) is 9.54. The highest BCUT2D eigenvalue weighted by atomic mass is 32.1. The lowest BCUT2D eigenvalue weighted by atomic mass is 10.3. The fraction of sp³-hybridized carbons (Fsp3) is 0.429. The highest BCUT2D eigenvalue weighted by Crippen LogP contribution is 2.15. The van der Waals surface area contributed by atoms with Crippen LogP contribution < -0.4 is 0 Å². The zero-order chi connectivity index (χ0) is 9.14. The molecule has 66 valence electrons. The molecule has 0 fully saturated rings. The lowest BCUT2D eigenvalue weighted by Gasteiger charge is -2.00. The molecular weight excluding hydrogens is 194 g/mol. The number of aryl methyl sites for hydroxylation is 1. The first-order valence-corrected chi connectivity index (χ1v) is 4.75. The SMILES string of the molecule is Cc1ncc(CC(S)C(=O)O)s1. The third-order valence-electron chi connectivity index (χ3n) is 1.35. The van der Waals surface area contributed by atoms with Crippen LogP contribution in [0.15, 0.2) is 6.20 Å². The van der Waals surface area contributed by atoms with Crippen LogP contribution in [0.25, 0.3) is 0 Å². The summed E-state index contributed by atoms with van der Waals surface area (Å²) in [5.74, 6) is -0.885. The third-order valence-corrected chi connectivity index (χ3v) is 2.69. The summed E-state index contributed by atoms with van der Waals surface area (Å²) in [5.41, 5.74) is 0. The zero-order valence-corrected chi connectivity index (χ0v) is 8.23. The topological polar surface area (TPSA) is 50.2 Å². The smallest absolute Gasteiger partial charge is 0.316 e. The molecule has 12 heavy (non-hydrogen) atoms. The van der Waals surface area contributed by atoms with Crippen molar-refractivity contribution in [3.05, 3.63) is 16.1 Å². The van der Waals surface area contributed by atoms with Gasteiger partial charge in [0.2, 0.25) is 0 Å². The molecule has 0 saturated carbocycles. The van der Waals surface area contributed by atoms with E-state index in [2.05, 4.69) is 17.6 Å². The quantitative estimate of drug-likeness (QED) is 0.730. The van der Waals surface area contributed by atoms with Crippen LogP contribution in [0.2, 0.25) is 0 Å². The van der Waals surface area contributed by atoms with Crippen LogP contribution in [0, 0.1) is 6.92 Å². The fourth-order valence-electron chi connectivity index (χ4n) is 0.778. The average molecular weight is 203 g/mol. The van der Waals surface area contributed by atoms with Crippen LogP contribution in [0.5, 0.6) is 0 Å². The van der Waals surface area contributed by atoms with Crippen molar-refractivity contribution < 1.29 is 9.90 Å². The van der Waals surface area contributed by atoms with Crippen molar-refractivity contribution in [3.8, 4) is 0 Å². The van der Waals surface area contributed by atoms with Gasteiger partial charge in [-0.1, -0.05) is 0 Å². The number of nitrogens with zero attached hydrogens (tertiary/aromatic N) is 1. The van der Waals surface area contributed by atoms with E-state index in [4.69, 9.17) is 5.11 Å². The Labute approximate surface area is 79.9 Å². The Kier molecular flexibility index (Phi) is 3.11. The van der Waals surface area contributed by atoms with Crippen LogP contribution >= 0.6 is 24.0 Å². The first-order valence-electron chi connectivity index (χ1n) is 3.42. The van der Waals surface area contributed by atoms with E-state index in [0.29, 0.717) is 6.42 Å². The number of carboxylic acids is 1. The number of aromatic nitrogens is 1. The number of aliphatic carboxylic acids is 1. The molecule has 1 aromatic heterocycles. The van der Waals surface area contributed by atoms with Gasteiger partial charge < -0.3 is 5.11 Å². The Bertz CT molecular complexity index is 285. The molecule has 3 nitrogen and oxygen atoms in total. The lowest BCUT2D eigenvalue weighted by molar-refractivity contribution is -0.136. The van der Waals surface area contributed by atoms with Gasteiger partial charge >= 0.3 is 5.97 Å². The average Bonchev–Trinajstić information content (AvgIpc) is 2.35. The summed E-state index contributed by atoms with van der Waals surface area (Å²) in [6.07, 6.45) is 2.15. The molecule has 1 N–H and O–H groups in total. The van der Waals surface area contributed by atoms with Gasteiger partial charge in [-0.15, -0.1) is 11.3 Å². The maximum absolute atomic E-state index is 10.4. The number of hydrogen-bond donors (Lipinski definition) is 2. The minimum absolute atomic E-state index is 0.448. The molecule has 1 heterocycles. The largest absolute Gasteiger partial charge is 0.480 e. The van der Waals surface area contributed by atoms with E-state index in [-0.39, 0.29) is 0 Å². The van der Waals surface area contributed by atoms with Gasteiger partial charge in [0.25, 0.3) is 0 Å². The molecule has 0 aliphatic carbocycles. The minimum Gasteiger partial charge on any atom is -0.480 e. The van der Waals surface area contributed by atoms with Gasteiger partial charge in [-0.25, -0.2) is 4.98 Å². The third kappa shape index (κ3) is 2.49. The Morgan fingerprint density at radius 3 is 3.00 bits per heavy atom. The normalized spacial score (nSPS) is 12.8. The van der Waals surface area contributed by atoms with Crippen molar-refractivity contribution in [3.63, 3.8) is 0 Å². The molecule has 0 aliphatic heterocycles. The summed E-state index contributed by atoms with van der Waals surface area (Å²) in [6.45, 7) is 1.89. The van der Waals surface area contributed by atoms with Crippen LogP contribution in [-0.2, 0) is 11.2 Å². The predicted molar refractivity (Wildman–Crippen MR) is 51.0 cm³/mol. The first-order chi connectivity index (χ1) is 5.59. The summed E-state index contributed by atoms with van der Waals surface area (Å²) in [4.78, 5) is 15.4. The number of carbonyl (C=O) groups is 1. The Morgan fingerprint density at radius 1 is 1.92 bits per heavy atom. The van der Waals surface area contributed by atoms with Gasteiger partial charge in [-0.05, 0) is 6.92 Å². The van der Waals surface area contributed by atoms with Crippen LogP contribution in [0.3, 0.4) is 0 Å². The number of carboxylic acid groups (broad SMARTS) is 1. The molecule has 1 unspecified atom stereocenters. The standard InChI is InChI=1S/C7H9NO2S2/c1-4-8-3-5(12-4)2-6(11)7(9)10/h3,6,11H,2H2,1H3,(H,9,10). The van der Waals surface area contributed by atoms with Gasteiger partial charge in [0.05, 0.1) is 5.01 Å². The van der Waals surface area contributed by atoms with E-state index < -0.39 is 11.2 Å². The fourth-order valence-corrected chi connectivity index (χ4v) is 1.94. The summed E-state index contributed by atoms with van der Waals surface area (Å²) in [7, 11) is 0. The monoisotopic (exact) mass is 203 g/mol. The maximum Gasteiger partial charge on any atom is 0.316 e. The van der Waals surface area contributed by atoms with Crippen LogP contribution in [0.1, 0.15) is 9.88 Å². The van der Waals surface area contributed by atoms with E-state index in [9.17, 15) is 4.79 Å². The van der Waals surface area contributed by atoms with Gasteiger partial charge in [0, 0.05) is 17.5 Å². The van der Waals surface area contributed by atoms with Crippen molar-refractivity contribution in [2.45, 2.75) is 18.6 Å². The number of hydrogen-bond acceptors (Lipinski definition) is 4. The molecule has 0 amide bonds. The van der Waals surface area contributed by atoms with E-state index in [1.807, 2.05) is 6.92 Å². The Hall–Kier alpha value is -0.550. The second-order valence-corrected chi connectivity index (χ2v) is 4.35. The van der Waals surface area contributed by atoms with E-state index >= 15 is 0 Å². The molecule has 0 saturated heterocycles. The van der Waals surface area contributed by atoms with Gasteiger partial charge in [0.1, 0.15) is 5.25 Å². The minimum atomic E-state index is -0.885. The maximum atomic E-state index is 10.4. The molecule has 1 atom stereocenters. The summed E-state index contributed by atoms with van der Waals surface area (Å²) >= 11 is 5.44. The predicted octanol–water partition coefficient (Wildman–Crippen LogP) is 1.38. The van der Waals surface area contributed by atoms with Gasteiger partial charge in [-0.2, -0.15) is 12.6 Å². The zero-order valence-electron chi connectivity index (χ0n) is 6.52. The number of rotatable bonds is 3. The molecule has 5 heteroatoms. The summed E-state index contributed by atoms with van der Waals surface area (Å²) < 4.78 is 0. The molecule has 0 spiro atoms. The summed E-state index contributed by atoms with van der Waals surface area (Å²) in [6, 6.07) is 0. The van der Waals surface area contributed by atoms with E-state index in [1.54, 1.807) is 6.20 Å². The van der Waals surface area contributed by atoms with Gasteiger partial charge in [0.15, 0.2) is 0 Å². The van der Waals surface area contributed by atoms with Crippen LogP contribution in [0.4, 0.5) is 0 Å². The lowest BCUT2D eigenvalue weighted by Crippen LogP contribution is -2.15. The van der Waals surface area contributed by atoms with Crippen molar-refractivity contribution in [1.82, 2.24) is 4.98 Å². The van der Waals surface area contributed by atoms with E-state index in [1.165, 1.54) is 11.3 Å². The molecule has 0 radical (unpaired) electrons.